The fourth-order valence-corrected chi connectivity index (χ4v) is 2.34. The van der Waals surface area contributed by atoms with Gasteiger partial charge in [-0.05, 0) is 18.7 Å². The Morgan fingerprint density at radius 1 is 1.22 bits per heavy atom. The van der Waals surface area contributed by atoms with Crippen molar-refractivity contribution >= 4 is 11.7 Å². The zero-order valence-electron chi connectivity index (χ0n) is 11.1. The van der Waals surface area contributed by atoms with E-state index in [1.165, 1.54) is 7.11 Å². The number of rotatable bonds is 3. The molecule has 0 bridgehead atoms. The van der Waals surface area contributed by atoms with Gasteiger partial charge in [0.05, 0.1) is 18.4 Å². The number of nitrogens with zero attached hydrogens (tertiary/aromatic N) is 2. The topological polar surface area (TPSA) is 32.8 Å². The lowest BCUT2D eigenvalue weighted by Gasteiger charge is -2.36. The summed E-state index contributed by atoms with van der Waals surface area (Å²) < 4.78 is 4.83. The summed E-state index contributed by atoms with van der Waals surface area (Å²) in [6.45, 7) is 7.28. The second-order valence-corrected chi connectivity index (χ2v) is 4.43. The molecule has 1 saturated heterocycles. The molecule has 98 valence electrons. The quantitative estimate of drug-likeness (QED) is 0.761. The van der Waals surface area contributed by atoms with Crippen LogP contribution in [0.15, 0.2) is 24.3 Å². The molecular weight excluding hydrogens is 228 g/mol. The number of carbonyl (C=O) groups is 1. The third-order valence-electron chi connectivity index (χ3n) is 3.47. The Morgan fingerprint density at radius 3 is 2.50 bits per heavy atom. The van der Waals surface area contributed by atoms with Crippen LogP contribution >= 0.6 is 0 Å². The molecule has 1 aliphatic heterocycles. The van der Waals surface area contributed by atoms with Crippen molar-refractivity contribution in [3.63, 3.8) is 0 Å². The first-order valence-electron chi connectivity index (χ1n) is 6.41. The van der Waals surface area contributed by atoms with Crippen LogP contribution in [0, 0.1) is 0 Å². The third kappa shape index (κ3) is 2.64. The Labute approximate surface area is 108 Å². The van der Waals surface area contributed by atoms with E-state index in [0.717, 1.165) is 38.4 Å². The lowest BCUT2D eigenvalue weighted by Crippen LogP contribution is -2.46. The van der Waals surface area contributed by atoms with Crippen LogP contribution in [-0.4, -0.2) is 50.7 Å². The van der Waals surface area contributed by atoms with Gasteiger partial charge in [-0.3, -0.25) is 0 Å². The Hall–Kier alpha value is -1.55. The van der Waals surface area contributed by atoms with Crippen LogP contribution in [-0.2, 0) is 4.74 Å². The van der Waals surface area contributed by atoms with Crippen LogP contribution in [0.3, 0.4) is 0 Å². The number of esters is 1. The van der Waals surface area contributed by atoms with Gasteiger partial charge in [0.1, 0.15) is 0 Å². The van der Waals surface area contributed by atoms with Crippen LogP contribution in [0.5, 0.6) is 0 Å². The molecule has 1 heterocycles. The molecule has 0 saturated carbocycles. The Kier molecular flexibility index (Phi) is 4.20. The first kappa shape index (κ1) is 12.9. The van der Waals surface area contributed by atoms with Crippen molar-refractivity contribution in [1.82, 2.24) is 4.90 Å². The molecule has 0 atom stereocenters. The van der Waals surface area contributed by atoms with E-state index in [2.05, 4.69) is 16.7 Å². The van der Waals surface area contributed by atoms with Crippen LogP contribution in [0.2, 0.25) is 0 Å². The van der Waals surface area contributed by atoms with E-state index >= 15 is 0 Å². The van der Waals surface area contributed by atoms with Crippen molar-refractivity contribution < 1.29 is 9.53 Å². The Balaban J connectivity index is 2.16. The monoisotopic (exact) mass is 248 g/mol. The molecule has 1 aliphatic rings. The van der Waals surface area contributed by atoms with Gasteiger partial charge >= 0.3 is 5.97 Å². The van der Waals surface area contributed by atoms with Gasteiger partial charge in [-0.2, -0.15) is 0 Å². The zero-order valence-corrected chi connectivity index (χ0v) is 11.1. The second kappa shape index (κ2) is 5.87. The molecule has 0 radical (unpaired) electrons. The molecule has 0 amide bonds. The van der Waals surface area contributed by atoms with Crippen LogP contribution in [0.1, 0.15) is 17.3 Å². The zero-order chi connectivity index (χ0) is 13.0. The van der Waals surface area contributed by atoms with Crippen molar-refractivity contribution in [2.45, 2.75) is 6.92 Å². The van der Waals surface area contributed by atoms with Gasteiger partial charge in [0.2, 0.25) is 0 Å². The minimum atomic E-state index is -0.261. The number of hydrogen-bond acceptors (Lipinski definition) is 4. The molecule has 18 heavy (non-hydrogen) atoms. The van der Waals surface area contributed by atoms with Crippen LogP contribution in [0.25, 0.3) is 0 Å². The number of methoxy groups -OCH3 is 1. The molecule has 0 unspecified atom stereocenters. The Morgan fingerprint density at radius 2 is 1.89 bits per heavy atom. The summed E-state index contributed by atoms with van der Waals surface area (Å²) in [4.78, 5) is 16.4. The first-order valence-corrected chi connectivity index (χ1v) is 6.41. The molecule has 0 aliphatic carbocycles. The fourth-order valence-electron chi connectivity index (χ4n) is 2.34. The van der Waals surface area contributed by atoms with Crippen molar-refractivity contribution in [1.29, 1.82) is 0 Å². The summed E-state index contributed by atoms with van der Waals surface area (Å²) in [5.74, 6) is -0.261. The van der Waals surface area contributed by atoms with Gasteiger partial charge in [0, 0.05) is 26.2 Å². The standard InChI is InChI=1S/C14H20N2O2/c1-3-15-8-10-16(11-9-15)13-7-5-4-6-12(13)14(17)18-2/h4-7H,3,8-11H2,1-2H3. The first-order chi connectivity index (χ1) is 8.76. The summed E-state index contributed by atoms with van der Waals surface area (Å²) in [7, 11) is 1.42. The smallest absolute Gasteiger partial charge is 0.339 e. The van der Waals surface area contributed by atoms with E-state index in [1.54, 1.807) is 0 Å². The number of anilines is 1. The van der Waals surface area contributed by atoms with Crippen molar-refractivity contribution in [2.24, 2.45) is 0 Å². The summed E-state index contributed by atoms with van der Waals surface area (Å²) in [5, 5.41) is 0. The van der Waals surface area contributed by atoms with Gasteiger partial charge in [0.15, 0.2) is 0 Å². The highest BCUT2D eigenvalue weighted by atomic mass is 16.5. The predicted molar refractivity (Wildman–Crippen MR) is 72.1 cm³/mol. The van der Waals surface area contributed by atoms with E-state index < -0.39 is 0 Å². The summed E-state index contributed by atoms with van der Waals surface area (Å²) >= 11 is 0. The number of piperazine rings is 1. The van der Waals surface area contributed by atoms with Gasteiger partial charge in [0.25, 0.3) is 0 Å². The number of hydrogen-bond donors (Lipinski definition) is 0. The molecule has 0 aromatic heterocycles. The highest BCUT2D eigenvalue weighted by Gasteiger charge is 2.20. The minimum absolute atomic E-state index is 0.261. The maximum absolute atomic E-state index is 11.7. The number of carbonyl (C=O) groups excluding carboxylic acids is 1. The highest BCUT2D eigenvalue weighted by Crippen LogP contribution is 2.22. The fraction of sp³-hybridized carbons (Fsp3) is 0.500. The molecule has 0 N–H and O–H groups in total. The number of ether oxygens (including phenoxy) is 1. The molecule has 0 spiro atoms. The van der Waals surface area contributed by atoms with Crippen molar-refractivity contribution in [3.05, 3.63) is 29.8 Å². The molecule has 2 rings (SSSR count). The predicted octanol–water partition coefficient (Wildman–Crippen LogP) is 1.62. The average molecular weight is 248 g/mol. The molecule has 4 nitrogen and oxygen atoms in total. The number of benzene rings is 1. The normalized spacial score (nSPS) is 16.7. The minimum Gasteiger partial charge on any atom is -0.465 e. The van der Waals surface area contributed by atoms with Gasteiger partial charge in [-0.1, -0.05) is 19.1 Å². The van der Waals surface area contributed by atoms with Gasteiger partial charge < -0.3 is 14.5 Å². The molecular formula is C14H20N2O2. The van der Waals surface area contributed by atoms with E-state index in [-0.39, 0.29) is 5.97 Å². The molecule has 1 aromatic rings. The SMILES string of the molecule is CCN1CCN(c2ccccc2C(=O)OC)CC1. The maximum Gasteiger partial charge on any atom is 0.339 e. The second-order valence-electron chi connectivity index (χ2n) is 4.43. The maximum atomic E-state index is 11.7. The molecule has 1 fully saturated rings. The number of para-hydroxylation sites is 1. The third-order valence-corrected chi connectivity index (χ3v) is 3.47. The summed E-state index contributed by atoms with van der Waals surface area (Å²) in [6.07, 6.45) is 0. The van der Waals surface area contributed by atoms with E-state index in [4.69, 9.17) is 4.74 Å². The van der Waals surface area contributed by atoms with Crippen LogP contribution in [0.4, 0.5) is 5.69 Å². The van der Waals surface area contributed by atoms with Crippen molar-refractivity contribution in [2.75, 3.05) is 44.7 Å². The van der Waals surface area contributed by atoms with Crippen LogP contribution < -0.4 is 4.90 Å². The summed E-state index contributed by atoms with van der Waals surface area (Å²) in [5.41, 5.74) is 1.64. The van der Waals surface area contributed by atoms with E-state index in [9.17, 15) is 4.79 Å². The van der Waals surface area contributed by atoms with E-state index in [1.807, 2.05) is 24.3 Å². The van der Waals surface area contributed by atoms with Crippen molar-refractivity contribution in [3.8, 4) is 0 Å². The van der Waals surface area contributed by atoms with E-state index in [0.29, 0.717) is 5.56 Å². The lowest BCUT2D eigenvalue weighted by atomic mass is 10.1. The number of likely N-dealkylation sites (N-methyl/N-ethyl adjacent to an activating group) is 1. The summed E-state index contributed by atoms with van der Waals surface area (Å²) in [6, 6.07) is 7.66. The highest BCUT2D eigenvalue weighted by molar-refractivity contribution is 5.95. The average Bonchev–Trinajstić information content (AvgIpc) is 2.46. The molecule has 1 aromatic carbocycles. The lowest BCUT2D eigenvalue weighted by molar-refractivity contribution is 0.0601. The largest absolute Gasteiger partial charge is 0.465 e. The van der Waals surface area contributed by atoms with Gasteiger partial charge in [-0.25, -0.2) is 4.79 Å². The Bertz CT molecular complexity index is 412. The molecule has 4 heteroatoms. The van der Waals surface area contributed by atoms with Gasteiger partial charge in [-0.15, -0.1) is 0 Å².